The van der Waals surface area contributed by atoms with Crippen LogP contribution in [0.2, 0.25) is 0 Å². The van der Waals surface area contributed by atoms with Crippen LogP contribution in [0.15, 0.2) is 24.3 Å². The van der Waals surface area contributed by atoms with Crippen molar-refractivity contribution in [3.8, 4) is 11.5 Å². The molecule has 1 aromatic rings. The van der Waals surface area contributed by atoms with Crippen molar-refractivity contribution < 1.29 is 19.4 Å². The third-order valence-corrected chi connectivity index (χ3v) is 1.15. The molecule has 0 heterocycles. The number of carbonyl (C=O) groups excluding carboxylic acids is 2. The summed E-state index contributed by atoms with van der Waals surface area (Å²) in [5.74, 6) is -0.661. The van der Waals surface area contributed by atoms with Gasteiger partial charge in [0.05, 0.1) is 0 Å². The summed E-state index contributed by atoms with van der Waals surface area (Å²) in [7, 11) is 0. The Labute approximate surface area is 68.4 Å². The zero-order chi connectivity index (χ0) is 8.97. The Morgan fingerprint density at radius 2 is 1.92 bits per heavy atom. The second-order valence-electron chi connectivity index (χ2n) is 2.03. The summed E-state index contributed by atoms with van der Waals surface area (Å²) in [4.78, 5) is 20.3. The number of carbonyl (C=O) groups is 2. The molecule has 0 aromatic heterocycles. The zero-order valence-corrected chi connectivity index (χ0v) is 6.06. The van der Waals surface area contributed by atoms with E-state index in [9.17, 15) is 9.59 Å². The van der Waals surface area contributed by atoms with Crippen LogP contribution in [0.3, 0.4) is 0 Å². The lowest BCUT2D eigenvalue weighted by Crippen LogP contribution is -2.08. The van der Waals surface area contributed by atoms with Crippen molar-refractivity contribution in [2.24, 2.45) is 0 Å². The molecule has 0 fully saturated rings. The lowest BCUT2D eigenvalue weighted by atomic mass is 10.3. The van der Waals surface area contributed by atoms with Crippen molar-refractivity contribution in [1.29, 1.82) is 0 Å². The number of hydrogen-bond donors (Lipinski definition) is 1. The van der Waals surface area contributed by atoms with Crippen LogP contribution in [-0.2, 0) is 9.59 Å². The van der Waals surface area contributed by atoms with E-state index in [0.717, 1.165) is 0 Å². The van der Waals surface area contributed by atoms with Gasteiger partial charge in [-0.15, -0.1) is 0 Å². The van der Waals surface area contributed by atoms with Gasteiger partial charge in [0.15, 0.2) is 0 Å². The van der Waals surface area contributed by atoms with E-state index in [2.05, 4.69) is 4.74 Å². The smallest absolute Gasteiger partial charge is 0.376 e. The Balaban J connectivity index is 2.71. The molecule has 1 N–H and O–H groups in total. The molecule has 0 amide bonds. The largest absolute Gasteiger partial charge is 0.508 e. The molecule has 0 aliphatic rings. The van der Waals surface area contributed by atoms with Crippen LogP contribution in [0.4, 0.5) is 0 Å². The van der Waals surface area contributed by atoms with Crippen LogP contribution in [0.5, 0.6) is 11.5 Å². The number of esters is 1. The molecule has 0 saturated carbocycles. The molecule has 0 atom stereocenters. The van der Waals surface area contributed by atoms with Gasteiger partial charge < -0.3 is 9.84 Å². The van der Waals surface area contributed by atoms with Crippen LogP contribution in [0.25, 0.3) is 0 Å². The molecule has 1 aromatic carbocycles. The molecule has 62 valence electrons. The number of rotatable bonds is 2. The Morgan fingerprint density at radius 3 is 2.42 bits per heavy atom. The van der Waals surface area contributed by atoms with Gasteiger partial charge in [0.25, 0.3) is 0 Å². The van der Waals surface area contributed by atoms with E-state index < -0.39 is 5.97 Å². The van der Waals surface area contributed by atoms with Crippen molar-refractivity contribution in [2.75, 3.05) is 0 Å². The summed E-state index contributed by atoms with van der Waals surface area (Å²) >= 11 is 0. The van der Waals surface area contributed by atoms with Gasteiger partial charge in [-0.05, 0) is 24.3 Å². The quantitative estimate of drug-likeness (QED) is 0.300. The molecule has 0 unspecified atom stereocenters. The molecule has 0 aliphatic heterocycles. The molecule has 0 bridgehead atoms. The highest BCUT2D eigenvalue weighted by atomic mass is 16.5. The van der Waals surface area contributed by atoms with Crippen LogP contribution in [0.1, 0.15) is 0 Å². The predicted molar refractivity (Wildman–Crippen MR) is 39.8 cm³/mol. The van der Waals surface area contributed by atoms with Crippen LogP contribution >= 0.6 is 0 Å². The van der Waals surface area contributed by atoms with E-state index in [1.807, 2.05) is 0 Å². The molecular weight excluding hydrogens is 160 g/mol. The van der Waals surface area contributed by atoms with Crippen molar-refractivity contribution in [3.05, 3.63) is 24.3 Å². The van der Waals surface area contributed by atoms with Crippen LogP contribution < -0.4 is 4.74 Å². The lowest BCUT2D eigenvalue weighted by Gasteiger charge is -1.98. The van der Waals surface area contributed by atoms with Gasteiger partial charge in [0.2, 0.25) is 6.29 Å². The summed E-state index contributed by atoms with van der Waals surface area (Å²) in [6, 6.07) is 5.48. The summed E-state index contributed by atoms with van der Waals surface area (Å²) in [6.07, 6.45) is 0.0762. The van der Waals surface area contributed by atoms with Gasteiger partial charge >= 0.3 is 5.97 Å². The first-order chi connectivity index (χ1) is 5.72. The summed E-state index contributed by atoms with van der Waals surface area (Å²) < 4.78 is 4.50. The van der Waals surface area contributed by atoms with Crippen LogP contribution in [-0.4, -0.2) is 17.4 Å². The minimum Gasteiger partial charge on any atom is -0.508 e. The Kier molecular flexibility index (Phi) is 2.42. The first kappa shape index (κ1) is 8.26. The van der Waals surface area contributed by atoms with Gasteiger partial charge in [-0.25, -0.2) is 4.79 Å². The normalized spacial score (nSPS) is 9.00. The first-order valence-electron chi connectivity index (χ1n) is 3.18. The molecule has 1 rings (SSSR count). The second kappa shape index (κ2) is 3.52. The standard InChI is InChI=1S/C8H6O4/c9-5-8(11)12-7-3-1-6(10)2-4-7/h1-5,10H. The molecule has 0 radical (unpaired) electrons. The highest BCUT2D eigenvalue weighted by Gasteiger charge is 2.00. The van der Waals surface area contributed by atoms with Gasteiger partial charge in [0.1, 0.15) is 11.5 Å². The number of ether oxygens (including phenoxy) is 1. The lowest BCUT2D eigenvalue weighted by molar-refractivity contribution is -0.141. The van der Waals surface area contributed by atoms with E-state index >= 15 is 0 Å². The number of phenols is 1. The maximum Gasteiger partial charge on any atom is 0.376 e. The van der Waals surface area contributed by atoms with E-state index in [1.54, 1.807) is 0 Å². The number of aromatic hydroxyl groups is 1. The average molecular weight is 166 g/mol. The summed E-state index contributed by atoms with van der Waals surface area (Å²) in [5.41, 5.74) is 0. The Morgan fingerprint density at radius 1 is 1.33 bits per heavy atom. The number of benzene rings is 1. The maximum atomic E-state index is 10.4. The zero-order valence-electron chi connectivity index (χ0n) is 6.06. The monoisotopic (exact) mass is 166 g/mol. The molecule has 4 heteroatoms. The average Bonchev–Trinajstić information content (AvgIpc) is 2.09. The molecular formula is C8H6O4. The Hall–Kier alpha value is -1.84. The van der Waals surface area contributed by atoms with Crippen molar-refractivity contribution in [3.63, 3.8) is 0 Å². The molecule has 12 heavy (non-hydrogen) atoms. The predicted octanol–water partition coefficient (Wildman–Crippen LogP) is 0.496. The fourth-order valence-electron chi connectivity index (χ4n) is 0.654. The maximum absolute atomic E-state index is 10.4. The molecule has 4 nitrogen and oxygen atoms in total. The fraction of sp³-hybridized carbons (Fsp3) is 0. The summed E-state index contributed by atoms with van der Waals surface area (Å²) in [6.45, 7) is 0. The Bertz CT molecular complexity index is 288. The van der Waals surface area contributed by atoms with Crippen molar-refractivity contribution >= 4 is 12.3 Å². The van der Waals surface area contributed by atoms with Gasteiger partial charge in [-0.2, -0.15) is 0 Å². The van der Waals surface area contributed by atoms with E-state index in [1.165, 1.54) is 24.3 Å². The molecule has 0 saturated heterocycles. The van der Waals surface area contributed by atoms with Gasteiger partial charge in [-0.1, -0.05) is 0 Å². The van der Waals surface area contributed by atoms with Crippen LogP contribution in [0, 0.1) is 0 Å². The van der Waals surface area contributed by atoms with E-state index in [0.29, 0.717) is 0 Å². The minimum atomic E-state index is -0.958. The van der Waals surface area contributed by atoms with Gasteiger partial charge in [-0.3, -0.25) is 4.79 Å². The SMILES string of the molecule is O=CC(=O)Oc1ccc(O)cc1. The number of phenolic OH excluding ortho intramolecular Hbond substituents is 1. The topological polar surface area (TPSA) is 63.6 Å². The second-order valence-corrected chi connectivity index (χ2v) is 2.03. The van der Waals surface area contributed by atoms with E-state index in [-0.39, 0.29) is 17.8 Å². The highest BCUT2D eigenvalue weighted by Crippen LogP contribution is 2.15. The highest BCUT2D eigenvalue weighted by molar-refractivity contribution is 6.21. The number of hydrogen-bond acceptors (Lipinski definition) is 4. The molecule has 0 spiro atoms. The van der Waals surface area contributed by atoms with Crippen molar-refractivity contribution in [2.45, 2.75) is 0 Å². The minimum absolute atomic E-state index is 0.0703. The van der Waals surface area contributed by atoms with E-state index in [4.69, 9.17) is 5.11 Å². The van der Waals surface area contributed by atoms with Gasteiger partial charge in [0, 0.05) is 0 Å². The third-order valence-electron chi connectivity index (χ3n) is 1.15. The summed E-state index contributed by atoms with van der Waals surface area (Å²) in [5, 5.41) is 8.84. The fourth-order valence-corrected chi connectivity index (χ4v) is 0.654. The number of aldehydes is 1. The first-order valence-corrected chi connectivity index (χ1v) is 3.18. The van der Waals surface area contributed by atoms with Crippen molar-refractivity contribution in [1.82, 2.24) is 0 Å². The third kappa shape index (κ3) is 2.09. The molecule has 0 aliphatic carbocycles.